The first-order valence-electron chi connectivity index (χ1n) is 4.60. The molecular formula is C11H18N+. The van der Waals surface area contributed by atoms with Crippen LogP contribution in [-0.4, -0.2) is 7.05 Å². The highest BCUT2D eigenvalue weighted by molar-refractivity contribution is 5.23. The molecule has 0 saturated heterocycles. The highest BCUT2D eigenvalue weighted by Gasteiger charge is 1.98. The minimum Gasteiger partial charge on any atom is -0.345 e. The zero-order valence-corrected chi connectivity index (χ0v) is 8.17. The molecule has 0 saturated carbocycles. The van der Waals surface area contributed by atoms with E-state index in [2.05, 4.69) is 50.5 Å². The molecule has 0 spiro atoms. The van der Waals surface area contributed by atoms with Gasteiger partial charge in [0.15, 0.2) is 0 Å². The minimum atomic E-state index is 0.643. The summed E-state index contributed by atoms with van der Waals surface area (Å²) in [6.07, 6.45) is 0. The maximum atomic E-state index is 2.23. The molecule has 1 aromatic carbocycles. The topological polar surface area (TPSA) is 16.6 Å². The molecule has 0 amide bonds. The Bertz CT molecular complexity index is 223. The van der Waals surface area contributed by atoms with Crippen molar-refractivity contribution in [2.45, 2.75) is 26.3 Å². The molecule has 0 aromatic heterocycles. The van der Waals surface area contributed by atoms with Crippen LogP contribution < -0.4 is 5.32 Å². The zero-order chi connectivity index (χ0) is 8.97. The van der Waals surface area contributed by atoms with E-state index in [1.165, 1.54) is 11.1 Å². The van der Waals surface area contributed by atoms with Crippen molar-refractivity contribution < 1.29 is 5.32 Å². The van der Waals surface area contributed by atoms with Crippen molar-refractivity contribution >= 4 is 0 Å². The van der Waals surface area contributed by atoms with Gasteiger partial charge in [0.05, 0.1) is 7.05 Å². The van der Waals surface area contributed by atoms with Crippen LogP contribution in [-0.2, 0) is 6.54 Å². The first-order valence-corrected chi connectivity index (χ1v) is 4.60. The number of quaternary nitrogens is 1. The third kappa shape index (κ3) is 2.35. The Balaban J connectivity index is 2.71. The van der Waals surface area contributed by atoms with Gasteiger partial charge in [0.2, 0.25) is 0 Å². The molecule has 0 bridgehead atoms. The molecule has 66 valence electrons. The second kappa shape index (κ2) is 4.27. The lowest BCUT2D eigenvalue weighted by Crippen LogP contribution is -2.77. The van der Waals surface area contributed by atoms with Gasteiger partial charge in [-0.2, -0.15) is 0 Å². The number of hydrogen-bond acceptors (Lipinski definition) is 0. The second-order valence-corrected chi connectivity index (χ2v) is 3.51. The molecule has 0 aliphatic heterocycles. The van der Waals surface area contributed by atoms with E-state index in [1.54, 1.807) is 0 Å². The fourth-order valence-electron chi connectivity index (χ4n) is 1.27. The summed E-state index contributed by atoms with van der Waals surface area (Å²) in [6, 6.07) is 8.89. The average Bonchev–Trinajstić information content (AvgIpc) is 2.06. The van der Waals surface area contributed by atoms with Crippen LogP contribution in [0.15, 0.2) is 24.3 Å². The Kier molecular flexibility index (Phi) is 3.30. The molecule has 0 fully saturated rings. The highest BCUT2D eigenvalue weighted by atomic mass is 14.8. The summed E-state index contributed by atoms with van der Waals surface area (Å²) in [5.74, 6) is 0.643. The van der Waals surface area contributed by atoms with Crippen LogP contribution in [0.4, 0.5) is 0 Å². The van der Waals surface area contributed by atoms with Gasteiger partial charge in [-0.25, -0.2) is 0 Å². The molecular weight excluding hydrogens is 146 g/mol. The van der Waals surface area contributed by atoms with Gasteiger partial charge in [-0.05, 0) is 11.5 Å². The molecule has 0 radical (unpaired) electrons. The number of benzene rings is 1. The second-order valence-electron chi connectivity index (χ2n) is 3.51. The highest BCUT2D eigenvalue weighted by Crippen LogP contribution is 2.13. The van der Waals surface area contributed by atoms with Crippen molar-refractivity contribution in [3.8, 4) is 0 Å². The van der Waals surface area contributed by atoms with Gasteiger partial charge in [0, 0.05) is 5.56 Å². The summed E-state index contributed by atoms with van der Waals surface area (Å²) in [7, 11) is 2.09. The zero-order valence-electron chi connectivity index (χ0n) is 8.17. The third-order valence-electron chi connectivity index (χ3n) is 2.09. The lowest BCUT2D eigenvalue weighted by atomic mass is 10.0. The summed E-state index contributed by atoms with van der Waals surface area (Å²) < 4.78 is 0. The standard InChI is InChI=1S/C11H17N/c1-9(2)11-6-4-10(5-7-11)8-12-3/h4-7,9,12H,8H2,1-3H3/p+1. The Labute approximate surface area is 74.8 Å². The van der Waals surface area contributed by atoms with Gasteiger partial charge < -0.3 is 5.32 Å². The summed E-state index contributed by atoms with van der Waals surface area (Å²) in [4.78, 5) is 0. The molecule has 2 N–H and O–H groups in total. The first-order chi connectivity index (χ1) is 5.74. The van der Waals surface area contributed by atoms with E-state index in [1.807, 2.05) is 0 Å². The molecule has 12 heavy (non-hydrogen) atoms. The third-order valence-corrected chi connectivity index (χ3v) is 2.09. The Hall–Kier alpha value is -0.820. The van der Waals surface area contributed by atoms with E-state index < -0.39 is 0 Å². The summed E-state index contributed by atoms with van der Waals surface area (Å²) in [6.45, 7) is 5.53. The van der Waals surface area contributed by atoms with Crippen molar-refractivity contribution in [1.29, 1.82) is 0 Å². The average molecular weight is 164 g/mol. The van der Waals surface area contributed by atoms with Gasteiger partial charge in [0.1, 0.15) is 6.54 Å². The van der Waals surface area contributed by atoms with Crippen LogP contribution in [0.1, 0.15) is 30.9 Å². The fraction of sp³-hybridized carbons (Fsp3) is 0.455. The molecule has 1 aromatic rings. The van der Waals surface area contributed by atoms with Crippen LogP contribution >= 0.6 is 0 Å². The smallest absolute Gasteiger partial charge is 0.101 e. The monoisotopic (exact) mass is 164 g/mol. The van der Waals surface area contributed by atoms with E-state index >= 15 is 0 Å². The Morgan fingerprint density at radius 1 is 1.17 bits per heavy atom. The van der Waals surface area contributed by atoms with Crippen LogP contribution in [0.3, 0.4) is 0 Å². The molecule has 1 heteroatoms. The maximum absolute atomic E-state index is 2.23. The van der Waals surface area contributed by atoms with E-state index in [-0.39, 0.29) is 0 Å². The molecule has 0 atom stereocenters. The molecule has 0 unspecified atom stereocenters. The summed E-state index contributed by atoms with van der Waals surface area (Å²) in [5, 5.41) is 2.18. The fourth-order valence-corrected chi connectivity index (χ4v) is 1.27. The van der Waals surface area contributed by atoms with E-state index in [9.17, 15) is 0 Å². The largest absolute Gasteiger partial charge is 0.345 e. The number of hydrogen-bond donors (Lipinski definition) is 1. The van der Waals surface area contributed by atoms with Crippen molar-refractivity contribution in [3.63, 3.8) is 0 Å². The quantitative estimate of drug-likeness (QED) is 0.697. The Morgan fingerprint density at radius 3 is 2.17 bits per heavy atom. The summed E-state index contributed by atoms with van der Waals surface area (Å²) in [5.41, 5.74) is 2.83. The van der Waals surface area contributed by atoms with Crippen LogP contribution in [0.25, 0.3) is 0 Å². The SMILES string of the molecule is C[NH2+]Cc1ccc(C(C)C)cc1. The van der Waals surface area contributed by atoms with E-state index in [0.717, 1.165) is 6.54 Å². The number of nitrogens with two attached hydrogens (primary N) is 1. The predicted octanol–water partition coefficient (Wildman–Crippen LogP) is 1.50. The van der Waals surface area contributed by atoms with Crippen LogP contribution in [0.2, 0.25) is 0 Å². The minimum absolute atomic E-state index is 0.643. The molecule has 0 aliphatic carbocycles. The molecule has 1 nitrogen and oxygen atoms in total. The van der Waals surface area contributed by atoms with E-state index in [4.69, 9.17) is 0 Å². The lowest BCUT2D eigenvalue weighted by molar-refractivity contribution is -0.643. The summed E-state index contributed by atoms with van der Waals surface area (Å²) >= 11 is 0. The van der Waals surface area contributed by atoms with Crippen LogP contribution in [0, 0.1) is 0 Å². The van der Waals surface area contributed by atoms with Crippen LogP contribution in [0.5, 0.6) is 0 Å². The maximum Gasteiger partial charge on any atom is 0.101 e. The van der Waals surface area contributed by atoms with Crippen molar-refractivity contribution in [1.82, 2.24) is 0 Å². The van der Waals surface area contributed by atoms with Gasteiger partial charge in [0.25, 0.3) is 0 Å². The molecule has 0 heterocycles. The lowest BCUT2D eigenvalue weighted by Gasteiger charge is -2.05. The molecule has 1 rings (SSSR count). The van der Waals surface area contributed by atoms with Gasteiger partial charge in [-0.15, -0.1) is 0 Å². The van der Waals surface area contributed by atoms with E-state index in [0.29, 0.717) is 5.92 Å². The van der Waals surface area contributed by atoms with Gasteiger partial charge in [-0.3, -0.25) is 0 Å². The molecule has 0 aliphatic rings. The van der Waals surface area contributed by atoms with Crippen molar-refractivity contribution in [2.75, 3.05) is 7.05 Å². The first kappa shape index (κ1) is 9.27. The normalized spacial score (nSPS) is 10.7. The van der Waals surface area contributed by atoms with Crippen molar-refractivity contribution in [3.05, 3.63) is 35.4 Å². The van der Waals surface area contributed by atoms with Gasteiger partial charge >= 0.3 is 0 Å². The predicted molar refractivity (Wildman–Crippen MR) is 52.1 cm³/mol. The van der Waals surface area contributed by atoms with Gasteiger partial charge in [-0.1, -0.05) is 38.1 Å². The Morgan fingerprint density at radius 2 is 1.75 bits per heavy atom. The number of rotatable bonds is 3. The van der Waals surface area contributed by atoms with Crippen molar-refractivity contribution in [2.24, 2.45) is 0 Å².